The van der Waals surface area contributed by atoms with Crippen LogP contribution in [-0.4, -0.2) is 32.6 Å². The lowest BCUT2D eigenvalue weighted by atomic mass is 10.1. The van der Waals surface area contributed by atoms with E-state index in [0.29, 0.717) is 19.4 Å². The number of aromatic amines is 2. The Bertz CT molecular complexity index is 717. The van der Waals surface area contributed by atoms with Crippen molar-refractivity contribution in [2.24, 2.45) is 0 Å². The van der Waals surface area contributed by atoms with Crippen LogP contribution in [0.3, 0.4) is 0 Å². The number of carbonyl (C=O) groups is 1. The topological polar surface area (TPSA) is 86.5 Å². The number of aryl methyl sites for hydroxylation is 1. The third-order valence-corrected chi connectivity index (χ3v) is 3.45. The van der Waals surface area contributed by atoms with Crippen LogP contribution in [0, 0.1) is 0 Å². The predicted octanol–water partition coefficient (Wildman–Crippen LogP) is 1.58. The Morgan fingerprint density at radius 3 is 3.00 bits per heavy atom. The number of nitrogens with one attached hydrogen (secondary N) is 3. The summed E-state index contributed by atoms with van der Waals surface area (Å²) in [6.45, 7) is 0.571. The van der Waals surface area contributed by atoms with Crippen LogP contribution in [0.4, 0.5) is 0 Å². The van der Waals surface area contributed by atoms with Gasteiger partial charge in [0.25, 0.3) is 0 Å². The van der Waals surface area contributed by atoms with E-state index in [1.165, 1.54) is 17.3 Å². The summed E-state index contributed by atoms with van der Waals surface area (Å²) in [5.74, 6) is 0.840. The minimum atomic E-state index is 0.0554. The van der Waals surface area contributed by atoms with Gasteiger partial charge in [-0.3, -0.25) is 9.89 Å². The average molecular weight is 283 g/mol. The van der Waals surface area contributed by atoms with Crippen LogP contribution in [0.1, 0.15) is 17.8 Å². The molecule has 3 N–H and O–H groups in total. The largest absolute Gasteiger partial charge is 0.361 e. The van der Waals surface area contributed by atoms with Crippen LogP contribution < -0.4 is 5.32 Å². The number of aromatic nitrogens is 4. The molecule has 0 fully saturated rings. The van der Waals surface area contributed by atoms with E-state index in [1.807, 2.05) is 24.4 Å². The number of nitrogens with zero attached hydrogens (tertiary/aromatic N) is 2. The van der Waals surface area contributed by atoms with Crippen molar-refractivity contribution in [2.45, 2.75) is 19.3 Å². The summed E-state index contributed by atoms with van der Waals surface area (Å²) >= 11 is 0. The summed E-state index contributed by atoms with van der Waals surface area (Å²) in [5, 5.41) is 10.6. The monoisotopic (exact) mass is 283 g/mol. The Morgan fingerprint density at radius 1 is 1.24 bits per heavy atom. The molecule has 0 spiro atoms. The Hall–Kier alpha value is -2.63. The summed E-state index contributed by atoms with van der Waals surface area (Å²) in [6, 6.07) is 8.12. The zero-order valence-corrected chi connectivity index (χ0v) is 11.6. The molecule has 21 heavy (non-hydrogen) atoms. The number of amides is 1. The summed E-state index contributed by atoms with van der Waals surface area (Å²) in [7, 11) is 0. The van der Waals surface area contributed by atoms with E-state index >= 15 is 0 Å². The molecule has 0 bridgehead atoms. The van der Waals surface area contributed by atoms with Crippen LogP contribution in [-0.2, 0) is 17.6 Å². The third kappa shape index (κ3) is 3.28. The molecule has 0 aliphatic carbocycles. The van der Waals surface area contributed by atoms with Gasteiger partial charge in [0.05, 0.1) is 0 Å². The number of H-pyrrole nitrogens is 2. The van der Waals surface area contributed by atoms with Crippen molar-refractivity contribution in [1.82, 2.24) is 25.5 Å². The van der Waals surface area contributed by atoms with Gasteiger partial charge in [-0.25, -0.2) is 4.98 Å². The van der Waals surface area contributed by atoms with Crippen molar-refractivity contribution in [1.29, 1.82) is 0 Å². The maximum Gasteiger partial charge on any atom is 0.220 e. The predicted molar refractivity (Wildman–Crippen MR) is 79.7 cm³/mol. The lowest BCUT2D eigenvalue weighted by Crippen LogP contribution is -2.26. The molecule has 6 nitrogen and oxygen atoms in total. The summed E-state index contributed by atoms with van der Waals surface area (Å²) in [6.07, 6.45) is 5.33. The second-order valence-corrected chi connectivity index (χ2v) is 4.89. The van der Waals surface area contributed by atoms with Crippen molar-refractivity contribution in [2.75, 3.05) is 6.54 Å². The minimum absolute atomic E-state index is 0.0554. The standard InChI is InChI=1S/C15H17N5O/c21-15(16-8-7-14-18-10-19-20-14)6-5-11-9-17-13-4-2-1-3-12(11)13/h1-4,9-10,17H,5-8H2,(H,16,21)(H,18,19,20). The van der Waals surface area contributed by atoms with Crippen LogP contribution in [0.25, 0.3) is 10.9 Å². The smallest absolute Gasteiger partial charge is 0.220 e. The zero-order chi connectivity index (χ0) is 14.5. The SMILES string of the molecule is O=C(CCc1c[nH]c2ccccc12)NCCc1ncn[nH]1. The van der Waals surface area contributed by atoms with E-state index in [-0.39, 0.29) is 5.91 Å². The van der Waals surface area contributed by atoms with E-state index in [2.05, 4.69) is 31.5 Å². The quantitative estimate of drug-likeness (QED) is 0.642. The molecular formula is C15H17N5O. The van der Waals surface area contributed by atoms with Crippen molar-refractivity contribution in [3.8, 4) is 0 Å². The minimum Gasteiger partial charge on any atom is -0.361 e. The van der Waals surface area contributed by atoms with E-state index in [1.54, 1.807) is 0 Å². The van der Waals surface area contributed by atoms with Crippen LogP contribution in [0.2, 0.25) is 0 Å². The number of hydrogen-bond acceptors (Lipinski definition) is 3. The lowest BCUT2D eigenvalue weighted by Gasteiger charge is -2.03. The summed E-state index contributed by atoms with van der Waals surface area (Å²) in [5.41, 5.74) is 2.29. The maximum absolute atomic E-state index is 11.8. The molecule has 0 aliphatic rings. The maximum atomic E-state index is 11.8. The van der Waals surface area contributed by atoms with E-state index in [9.17, 15) is 4.79 Å². The molecule has 1 amide bonds. The molecule has 6 heteroatoms. The molecule has 0 aliphatic heterocycles. The van der Waals surface area contributed by atoms with Crippen molar-refractivity contribution in [3.63, 3.8) is 0 Å². The first-order valence-electron chi connectivity index (χ1n) is 6.99. The number of benzene rings is 1. The van der Waals surface area contributed by atoms with Crippen LogP contribution >= 0.6 is 0 Å². The van der Waals surface area contributed by atoms with Gasteiger partial charge >= 0.3 is 0 Å². The van der Waals surface area contributed by atoms with Gasteiger partial charge in [0.1, 0.15) is 12.2 Å². The third-order valence-electron chi connectivity index (χ3n) is 3.45. The fourth-order valence-corrected chi connectivity index (χ4v) is 2.35. The van der Waals surface area contributed by atoms with Gasteiger partial charge < -0.3 is 10.3 Å². The molecular weight excluding hydrogens is 266 g/mol. The lowest BCUT2D eigenvalue weighted by molar-refractivity contribution is -0.121. The molecule has 0 saturated carbocycles. The molecule has 0 saturated heterocycles. The van der Waals surface area contributed by atoms with Gasteiger partial charge in [0.2, 0.25) is 5.91 Å². The van der Waals surface area contributed by atoms with Gasteiger partial charge in [0, 0.05) is 36.5 Å². The Balaban J connectivity index is 1.47. The molecule has 0 radical (unpaired) electrons. The van der Waals surface area contributed by atoms with Crippen molar-refractivity contribution >= 4 is 16.8 Å². The highest BCUT2D eigenvalue weighted by Crippen LogP contribution is 2.18. The van der Waals surface area contributed by atoms with Gasteiger partial charge in [-0.2, -0.15) is 5.10 Å². The van der Waals surface area contributed by atoms with Gasteiger partial charge in [0.15, 0.2) is 0 Å². The number of fused-ring (bicyclic) bond motifs is 1. The fraction of sp³-hybridized carbons (Fsp3) is 0.267. The molecule has 3 rings (SSSR count). The molecule has 2 aromatic heterocycles. The summed E-state index contributed by atoms with van der Waals surface area (Å²) < 4.78 is 0. The Labute approximate surface area is 122 Å². The highest BCUT2D eigenvalue weighted by atomic mass is 16.1. The molecule has 0 atom stereocenters. The van der Waals surface area contributed by atoms with E-state index in [4.69, 9.17) is 0 Å². The van der Waals surface area contributed by atoms with Gasteiger partial charge in [-0.1, -0.05) is 18.2 Å². The summed E-state index contributed by atoms with van der Waals surface area (Å²) in [4.78, 5) is 19.1. The molecule has 3 aromatic rings. The van der Waals surface area contributed by atoms with Crippen molar-refractivity contribution < 1.29 is 4.79 Å². The molecule has 2 heterocycles. The fourth-order valence-electron chi connectivity index (χ4n) is 2.35. The van der Waals surface area contributed by atoms with Crippen LogP contribution in [0.5, 0.6) is 0 Å². The van der Waals surface area contributed by atoms with Gasteiger partial charge in [-0.05, 0) is 18.1 Å². The van der Waals surface area contributed by atoms with E-state index in [0.717, 1.165) is 17.8 Å². The number of hydrogen-bond donors (Lipinski definition) is 3. The first-order chi connectivity index (χ1) is 10.3. The molecule has 108 valence electrons. The normalized spacial score (nSPS) is 10.9. The Kier molecular flexibility index (Phi) is 3.95. The second-order valence-electron chi connectivity index (χ2n) is 4.89. The molecule has 1 aromatic carbocycles. The highest BCUT2D eigenvalue weighted by Gasteiger charge is 2.06. The first kappa shape index (κ1) is 13.4. The van der Waals surface area contributed by atoms with Crippen LogP contribution in [0.15, 0.2) is 36.8 Å². The average Bonchev–Trinajstić information content (AvgIpc) is 3.14. The zero-order valence-electron chi connectivity index (χ0n) is 11.6. The number of carbonyl (C=O) groups excluding carboxylic acids is 1. The highest BCUT2D eigenvalue weighted by molar-refractivity contribution is 5.84. The number of para-hydroxylation sites is 1. The van der Waals surface area contributed by atoms with Gasteiger partial charge in [-0.15, -0.1) is 0 Å². The second kappa shape index (κ2) is 6.21. The Morgan fingerprint density at radius 2 is 2.14 bits per heavy atom. The molecule has 0 unspecified atom stereocenters. The first-order valence-corrected chi connectivity index (χ1v) is 6.99. The number of rotatable bonds is 6. The van der Waals surface area contributed by atoms with Crippen molar-refractivity contribution in [3.05, 3.63) is 48.2 Å². The van der Waals surface area contributed by atoms with E-state index < -0.39 is 0 Å².